The molecule has 1 aliphatic rings. The molecule has 0 atom stereocenters. The summed E-state index contributed by atoms with van der Waals surface area (Å²) in [7, 11) is 1.52. The van der Waals surface area contributed by atoms with Crippen LogP contribution in [0.5, 0.6) is 5.75 Å². The minimum absolute atomic E-state index is 0.167. The van der Waals surface area contributed by atoms with Gasteiger partial charge in [-0.3, -0.25) is 14.9 Å². The highest BCUT2D eigenvalue weighted by Gasteiger charge is 2.36. The first kappa shape index (κ1) is 24.6. The Kier molecular flexibility index (Phi) is 7.30. The Hall–Kier alpha value is -3.53. The summed E-state index contributed by atoms with van der Waals surface area (Å²) in [5.74, 6) is -1.25. The van der Waals surface area contributed by atoms with Gasteiger partial charge in [0.25, 0.3) is 11.8 Å². The van der Waals surface area contributed by atoms with Crippen molar-refractivity contribution in [3.8, 4) is 5.75 Å². The molecule has 4 rings (SSSR count). The van der Waals surface area contributed by atoms with Crippen molar-refractivity contribution in [2.24, 2.45) is 0 Å². The van der Waals surface area contributed by atoms with Crippen molar-refractivity contribution in [3.05, 3.63) is 97.9 Å². The molecule has 0 radical (unpaired) electrons. The van der Waals surface area contributed by atoms with E-state index in [4.69, 9.17) is 4.74 Å². The molecule has 0 unspecified atom stereocenters. The van der Waals surface area contributed by atoms with Gasteiger partial charge in [0.1, 0.15) is 17.1 Å². The van der Waals surface area contributed by atoms with Crippen LogP contribution >= 0.6 is 22.6 Å². The number of nitrogens with one attached hydrogen (secondary N) is 1. The molecule has 1 aliphatic heterocycles. The van der Waals surface area contributed by atoms with E-state index in [2.05, 4.69) is 27.9 Å². The molecule has 35 heavy (non-hydrogen) atoms. The van der Waals surface area contributed by atoms with Gasteiger partial charge < -0.3 is 4.74 Å². The van der Waals surface area contributed by atoms with Gasteiger partial charge in [-0.25, -0.2) is 14.1 Å². The molecule has 3 aromatic carbocycles. The van der Waals surface area contributed by atoms with Gasteiger partial charge in [0, 0.05) is 15.6 Å². The molecule has 0 aliphatic carbocycles. The zero-order valence-corrected chi connectivity index (χ0v) is 21.3. The molecule has 6 nitrogen and oxygen atoms in total. The highest BCUT2D eigenvalue weighted by molar-refractivity contribution is 14.1. The number of anilines is 1. The Morgan fingerprint density at radius 3 is 2.43 bits per heavy atom. The van der Waals surface area contributed by atoms with Gasteiger partial charge in [-0.05, 0) is 88.2 Å². The van der Waals surface area contributed by atoms with Gasteiger partial charge in [0.2, 0.25) is 0 Å². The molecule has 1 saturated heterocycles. The Labute approximate surface area is 215 Å². The van der Waals surface area contributed by atoms with E-state index in [1.165, 1.54) is 25.3 Å². The molecule has 3 aromatic rings. The van der Waals surface area contributed by atoms with Crippen LogP contribution in [0.25, 0.3) is 6.08 Å². The molecule has 178 valence electrons. The van der Waals surface area contributed by atoms with Crippen molar-refractivity contribution < 1.29 is 23.5 Å². The molecule has 0 bridgehead atoms. The number of ether oxygens (including phenoxy) is 1. The summed E-state index contributed by atoms with van der Waals surface area (Å²) >= 11 is 2.15. The Balaban J connectivity index is 1.68. The lowest BCUT2D eigenvalue weighted by Gasteiger charge is -2.26. The summed E-state index contributed by atoms with van der Waals surface area (Å²) in [6, 6.07) is 16.1. The molecule has 1 heterocycles. The smallest absolute Gasteiger partial charge is 0.335 e. The average Bonchev–Trinajstić information content (AvgIpc) is 2.83. The maximum atomic E-state index is 13.6. The fourth-order valence-corrected chi connectivity index (χ4v) is 4.67. The van der Waals surface area contributed by atoms with Crippen molar-refractivity contribution in [2.45, 2.75) is 19.8 Å². The van der Waals surface area contributed by atoms with E-state index < -0.39 is 17.8 Å². The van der Waals surface area contributed by atoms with Crippen LogP contribution in [0.2, 0.25) is 0 Å². The number of urea groups is 1. The Morgan fingerprint density at radius 2 is 1.77 bits per heavy atom. The number of carbonyl (C=O) groups excluding carboxylic acids is 3. The minimum Gasteiger partial charge on any atom is -0.496 e. The zero-order chi connectivity index (χ0) is 25.1. The minimum atomic E-state index is -0.793. The normalized spacial score (nSPS) is 14.9. The Morgan fingerprint density at radius 1 is 1.03 bits per heavy atom. The van der Waals surface area contributed by atoms with Crippen LogP contribution in [0.3, 0.4) is 0 Å². The lowest BCUT2D eigenvalue weighted by Crippen LogP contribution is -2.54. The summed E-state index contributed by atoms with van der Waals surface area (Å²) in [6.07, 6.45) is 2.71. The molecular formula is C27H22FIN2O4. The Bertz CT molecular complexity index is 1350. The molecule has 1 fully saturated rings. The van der Waals surface area contributed by atoms with Crippen LogP contribution < -0.4 is 15.0 Å². The van der Waals surface area contributed by atoms with Crippen molar-refractivity contribution in [1.29, 1.82) is 0 Å². The number of amides is 4. The molecule has 0 aromatic heterocycles. The third kappa shape index (κ3) is 5.27. The molecular weight excluding hydrogens is 562 g/mol. The number of barbiturate groups is 1. The van der Waals surface area contributed by atoms with Gasteiger partial charge in [-0.15, -0.1) is 0 Å². The predicted molar refractivity (Wildman–Crippen MR) is 140 cm³/mol. The second-order valence-corrected chi connectivity index (χ2v) is 9.13. The number of methoxy groups -OCH3 is 1. The lowest BCUT2D eigenvalue weighted by atomic mass is 10.0. The van der Waals surface area contributed by atoms with Crippen molar-refractivity contribution in [1.82, 2.24) is 5.32 Å². The monoisotopic (exact) mass is 584 g/mol. The van der Waals surface area contributed by atoms with Crippen molar-refractivity contribution in [3.63, 3.8) is 0 Å². The van der Waals surface area contributed by atoms with Gasteiger partial charge in [0.15, 0.2) is 0 Å². The highest BCUT2D eigenvalue weighted by atomic mass is 127. The largest absolute Gasteiger partial charge is 0.496 e. The summed E-state index contributed by atoms with van der Waals surface area (Å²) in [5.41, 5.74) is 3.47. The maximum absolute atomic E-state index is 13.6. The number of rotatable bonds is 6. The SMILES string of the molecule is CCc1ccc(N2C(=O)NC(=O)/C(=C\c3cc(I)c(Cc4cccc(F)c4)c(OC)c3)C2=O)cc1. The van der Waals surface area contributed by atoms with E-state index in [0.717, 1.165) is 31.6 Å². The summed E-state index contributed by atoms with van der Waals surface area (Å²) < 4.78 is 20.0. The first-order valence-electron chi connectivity index (χ1n) is 10.9. The van der Waals surface area contributed by atoms with Crippen LogP contribution in [-0.4, -0.2) is 25.0 Å². The second kappa shape index (κ2) is 10.4. The summed E-state index contributed by atoms with van der Waals surface area (Å²) in [6.45, 7) is 2.01. The summed E-state index contributed by atoms with van der Waals surface area (Å²) in [5, 5.41) is 2.24. The van der Waals surface area contributed by atoms with Crippen LogP contribution in [0.15, 0.2) is 66.2 Å². The third-order valence-electron chi connectivity index (χ3n) is 5.68. The maximum Gasteiger partial charge on any atom is 0.335 e. The number of halogens is 2. The van der Waals surface area contributed by atoms with E-state index in [9.17, 15) is 18.8 Å². The number of nitrogens with zero attached hydrogens (tertiary/aromatic N) is 1. The van der Waals surface area contributed by atoms with E-state index in [1.54, 1.807) is 24.3 Å². The number of hydrogen-bond acceptors (Lipinski definition) is 4. The molecule has 0 saturated carbocycles. The van der Waals surface area contributed by atoms with Gasteiger partial charge in [-0.2, -0.15) is 0 Å². The molecule has 0 spiro atoms. The number of carbonyl (C=O) groups is 3. The third-order valence-corrected chi connectivity index (χ3v) is 6.64. The predicted octanol–water partition coefficient (Wildman–Crippen LogP) is 5.26. The van der Waals surface area contributed by atoms with Gasteiger partial charge in [0.05, 0.1) is 12.8 Å². The average molecular weight is 584 g/mol. The number of hydrogen-bond donors (Lipinski definition) is 1. The van der Waals surface area contributed by atoms with E-state index in [-0.39, 0.29) is 11.4 Å². The number of benzene rings is 3. The van der Waals surface area contributed by atoms with Gasteiger partial charge in [-0.1, -0.05) is 31.2 Å². The van der Waals surface area contributed by atoms with Crippen LogP contribution in [0.1, 0.15) is 29.2 Å². The first-order valence-corrected chi connectivity index (χ1v) is 12.0. The fraction of sp³-hybridized carbons (Fsp3) is 0.148. The van der Waals surface area contributed by atoms with E-state index in [1.807, 2.05) is 31.2 Å². The quantitative estimate of drug-likeness (QED) is 0.244. The summed E-state index contributed by atoms with van der Waals surface area (Å²) in [4.78, 5) is 39.2. The molecule has 4 amide bonds. The van der Waals surface area contributed by atoms with E-state index in [0.29, 0.717) is 23.4 Å². The van der Waals surface area contributed by atoms with Crippen LogP contribution in [0, 0.1) is 9.39 Å². The topological polar surface area (TPSA) is 75.7 Å². The number of aryl methyl sites for hydroxylation is 1. The van der Waals surface area contributed by atoms with Crippen LogP contribution in [-0.2, 0) is 22.4 Å². The lowest BCUT2D eigenvalue weighted by molar-refractivity contribution is -0.122. The fourth-order valence-electron chi connectivity index (χ4n) is 3.86. The number of imide groups is 2. The first-order chi connectivity index (χ1) is 16.8. The van der Waals surface area contributed by atoms with Crippen LogP contribution in [0.4, 0.5) is 14.9 Å². The van der Waals surface area contributed by atoms with Crippen molar-refractivity contribution in [2.75, 3.05) is 12.0 Å². The molecule has 1 N–H and O–H groups in total. The molecule has 8 heteroatoms. The highest BCUT2D eigenvalue weighted by Crippen LogP contribution is 2.30. The standard InChI is InChI=1S/C27H22FIN2O4/c1-3-16-7-9-20(10-8-16)31-26(33)22(25(32)30-27(31)34)13-18-14-23(29)21(24(15-18)35-2)12-17-5-4-6-19(28)11-17/h4-11,13-15H,3,12H2,1-2H3,(H,30,32,34)/b22-13+. The second-order valence-electron chi connectivity index (χ2n) is 7.97. The zero-order valence-electron chi connectivity index (χ0n) is 19.1. The van der Waals surface area contributed by atoms with E-state index >= 15 is 0 Å². The van der Waals surface area contributed by atoms with Gasteiger partial charge >= 0.3 is 6.03 Å². The van der Waals surface area contributed by atoms with Crippen molar-refractivity contribution >= 4 is 52.2 Å².